The van der Waals surface area contributed by atoms with Crippen LogP contribution >= 0.6 is 0 Å². The van der Waals surface area contributed by atoms with Gasteiger partial charge >= 0.3 is 0 Å². The van der Waals surface area contributed by atoms with Gasteiger partial charge in [-0.1, -0.05) is 17.7 Å². The molecular weight excluding hydrogens is 222 g/mol. The number of aryl methyl sites for hydroxylation is 2. The summed E-state index contributed by atoms with van der Waals surface area (Å²) in [6.45, 7) is 9.82. The van der Waals surface area contributed by atoms with Crippen LogP contribution in [-0.2, 0) is 6.42 Å². The lowest BCUT2D eigenvalue weighted by Gasteiger charge is -2.20. The first-order valence-electron chi connectivity index (χ1n) is 6.81. The van der Waals surface area contributed by atoms with Gasteiger partial charge in [0.2, 0.25) is 0 Å². The van der Waals surface area contributed by atoms with Crippen LogP contribution in [0.25, 0.3) is 0 Å². The Labute approximate surface area is 112 Å². The van der Waals surface area contributed by atoms with Crippen LogP contribution < -0.4 is 10.1 Å². The van der Waals surface area contributed by atoms with Gasteiger partial charge in [-0.25, -0.2) is 0 Å². The molecule has 102 valence electrons. The zero-order valence-electron chi connectivity index (χ0n) is 12.5. The van der Waals surface area contributed by atoms with Gasteiger partial charge in [-0.3, -0.25) is 0 Å². The molecular formula is C16H27NO. The molecule has 0 aliphatic heterocycles. The van der Waals surface area contributed by atoms with Crippen LogP contribution in [0, 0.1) is 6.92 Å². The molecule has 0 saturated heterocycles. The number of benzene rings is 1. The quantitative estimate of drug-likeness (QED) is 0.776. The molecule has 0 amide bonds. The second-order valence-corrected chi connectivity index (χ2v) is 5.95. The number of methoxy groups -OCH3 is 1. The third-order valence-corrected chi connectivity index (χ3v) is 2.96. The Hall–Kier alpha value is -1.02. The van der Waals surface area contributed by atoms with E-state index >= 15 is 0 Å². The minimum absolute atomic E-state index is 0.223. The highest BCUT2D eigenvalue weighted by atomic mass is 16.5. The fraction of sp³-hybridized carbons (Fsp3) is 0.625. The summed E-state index contributed by atoms with van der Waals surface area (Å²) in [5.41, 5.74) is 2.85. The third kappa shape index (κ3) is 5.54. The molecule has 18 heavy (non-hydrogen) atoms. The number of nitrogens with one attached hydrogen (secondary N) is 1. The Bertz CT molecular complexity index is 366. The zero-order valence-corrected chi connectivity index (χ0v) is 12.5. The summed E-state index contributed by atoms with van der Waals surface area (Å²) in [6.07, 6.45) is 3.49. The molecule has 0 saturated carbocycles. The third-order valence-electron chi connectivity index (χ3n) is 2.96. The maximum absolute atomic E-state index is 5.40. The van der Waals surface area contributed by atoms with E-state index in [-0.39, 0.29) is 5.54 Å². The van der Waals surface area contributed by atoms with Crippen molar-refractivity contribution in [2.75, 3.05) is 13.7 Å². The highest BCUT2D eigenvalue weighted by Crippen LogP contribution is 2.21. The molecule has 0 heterocycles. The van der Waals surface area contributed by atoms with Crippen LogP contribution in [0.3, 0.4) is 0 Å². The van der Waals surface area contributed by atoms with Crippen molar-refractivity contribution in [3.05, 3.63) is 29.3 Å². The molecule has 0 radical (unpaired) electrons. The van der Waals surface area contributed by atoms with Gasteiger partial charge in [-0.2, -0.15) is 0 Å². The van der Waals surface area contributed by atoms with Crippen molar-refractivity contribution < 1.29 is 4.74 Å². The molecule has 2 nitrogen and oxygen atoms in total. The fourth-order valence-corrected chi connectivity index (χ4v) is 2.01. The van der Waals surface area contributed by atoms with Crippen LogP contribution in [0.5, 0.6) is 5.75 Å². The van der Waals surface area contributed by atoms with E-state index < -0.39 is 0 Å². The molecule has 0 unspecified atom stereocenters. The smallest absolute Gasteiger partial charge is 0.122 e. The van der Waals surface area contributed by atoms with Crippen molar-refractivity contribution in [2.45, 2.75) is 52.5 Å². The molecule has 0 aliphatic rings. The van der Waals surface area contributed by atoms with Crippen LogP contribution in [-0.4, -0.2) is 19.2 Å². The summed E-state index contributed by atoms with van der Waals surface area (Å²) in [4.78, 5) is 0. The average molecular weight is 249 g/mol. The first-order chi connectivity index (χ1) is 8.42. The number of ether oxygens (including phenoxy) is 1. The monoisotopic (exact) mass is 249 g/mol. The Morgan fingerprint density at radius 1 is 1.17 bits per heavy atom. The molecule has 0 atom stereocenters. The Morgan fingerprint density at radius 2 is 1.89 bits per heavy atom. The number of hydrogen-bond acceptors (Lipinski definition) is 2. The van der Waals surface area contributed by atoms with Gasteiger partial charge in [-0.15, -0.1) is 0 Å². The van der Waals surface area contributed by atoms with E-state index in [2.05, 4.69) is 51.2 Å². The SMILES string of the molecule is COc1ccc(C)cc1CCCCNC(C)(C)C. The van der Waals surface area contributed by atoms with E-state index in [0.29, 0.717) is 0 Å². The topological polar surface area (TPSA) is 21.3 Å². The summed E-state index contributed by atoms with van der Waals surface area (Å²) >= 11 is 0. The Kier molecular flexibility index (Phi) is 5.67. The van der Waals surface area contributed by atoms with Crippen molar-refractivity contribution in [3.63, 3.8) is 0 Å². The average Bonchev–Trinajstić information content (AvgIpc) is 2.27. The first-order valence-corrected chi connectivity index (χ1v) is 6.81. The van der Waals surface area contributed by atoms with Crippen molar-refractivity contribution in [2.24, 2.45) is 0 Å². The maximum Gasteiger partial charge on any atom is 0.122 e. The molecule has 0 aromatic heterocycles. The van der Waals surface area contributed by atoms with E-state index in [1.807, 2.05) is 0 Å². The van der Waals surface area contributed by atoms with Gasteiger partial charge in [0.1, 0.15) is 5.75 Å². The lowest BCUT2D eigenvalue weighted by atomic mass is 10.0. The molecule has 1 aromatic rings. The van der Waals surface area contributed by atoms with Crippen molar-refractivity contribution in [1.29, 1.82) is 0 Å². The minimum Gasteiger partial charge on any atom is -0.496 e. The molecule has 1 rings (SSSR count). The van der Waals surface area contributed by atoms with Crippen LogP contribution in [0.2, 0.25) is 0 Å². The van der Waals surface area contributed by atoms with Crippen molar-refractivity contribution >= 4 is 0 Å². The molecule has 0 bridgehead atoms. The Morgan fingerprint density at radius 3 is 2.50 bits per heavy atom. The van der Waals surface area contributed by atoms with Gasteiger partial charge < -0.3 is 10.1 Å². The van der Waals surface area contributed by atoms with Gasteiger partial charge in [0.05, 0.1) is 7.11 Å². The normalized spacial score (nSPS) is 11.6. The molecule has 0 aliphatic carbocycles. The van der Waals surface area contributed by atoms with Crippen LogP contribution in [0.4, 0.5) is 0 Å². The highest BCUT2D eigenvalue weighted by molar-refractivity contribution is 5.36. The van der Waals surface area contributed by atoms with Gasteiger partial charge in [0.25, 0.3) is 0 Å². The zero-order chi connectivity index (χ0) is 13.6. The van der Waals surface area contributed by atoms with Crippen molar-refractivity contribution in [3.8, 4) is 5.75 Å². The summed E-state index contributed by atoms with van der Waals surface area (Å²) < 4.78 is 5.40. The molecule has 0 fully saturated rings. The largest absolute Gasteiger partial charge is 0.496 e. The molecule has 2 heteroatoms. The van der Waals surface area contributed by atoms with Gasteiger partial charge in [0.15, 0.2) is 0 Å². The van der Waals surface area contributed by atoms with Crippen LogP contribution in [0.1, 0.15) is 44.7 Å². The Balaban J connectivity index is 2.37. The van der Waals surface area contributed by atoms with E-state index in [9.17, 15) is 0 Å². The van der Waals surface area contributed by atoms with Gasteiger partial charge in [0, 0.05) is 5.54 Å². The summed E-state index contributed by atoms with van der Waals surface area (Å²) in [7, 11) is 1.75. The predicted octanol–water partition coefficient (Wildman–Crippen LogP) is 3.71. The number of unbranched alkanes of at least 4 members (excludes halogenated alkanes) is 1. The second kappa shape index (κ2) is 6.79. The molecule has 1 aromatic carbocycles. The fourth-order valence-electron chi connectivity index (χ4n) is 2.01. The summed E-state index contributed by atoms with van der Waals surface area (Å²) in [5, 5.41) is 3.52. The molecule has 0 spiro atoms. The number of hydrogen-bond donors (Lipinski definition) is 1. The predicted molar refractivity (Wildman–Crippen MR) is 78.4 cm³/mol. The van der Waals surface area contributed by atoms with Crippen LogP contribution in [0.15, 0.2) is 18.2 Å². The summed E-state index contributed by atoms with van der Waals surface area (Å²) in [5.74, 6) is 1.02. The lowest BCUT2D eigenvalue weighted by molar-refractivity contribution is 0.405. The maximum atomic E-state index is 5.40. The molecule has 1 N–H and O–H groups in total. The number of rotatable bonds is 6. The van der Waals surface area contributed by atoms with E-state index in [1.165, 1.54) is 24.0 Å². The van der Waals surface area contributed by atoms with Gasteiger partial charge in [-0.05, 0) is 65.1 Å². The summed E-state index contributed by atoms with van der Waals surface area (Å²) in [6, 6.07) is 6.40. The second-order valence-electron chi connectivity index (χ2n) is 5.95. The standard InChI is InChI=1S/C16H27NO/c1-13-9-10-15(18-5)14(12-13)8-6-7-11-17-16(2,3)4/h9-10,12,17H,6-8,11H2,1-5H3. The van der Waals surface area contributed by atoms with E-state index in [0.717, 1.165) is 18.7 Å². The van der Waals surface area contributed by atoms with E-state index in [1.54, 1.807) is 7.11 Å². The minimum atomic E-state index is 0.223. The lowest BCUT2D eigenvalue weighted by Crippen LogP contribution is -2.36. The van der Waals surface area contributed by atoms with E-state index in [4.69, 9.17) is 4.74 Å². The highest BCUT2D eigenvalue weighted by Gasteiger charge is 2.07. The first kappa shape index (κ1) is 15.0. The van der Waals surface area contributed by atoms with Crippen molar-refractivity contribution in [1.82, 2.24) is 5.32 Å².